The van der Waals surface area contributed by atoms with Crippen molar-refractivity contribution in [1.82, 2.24) is 5.32 Å². The quantitative estimate of drug-likeness (QED) is 0.760. The molecule has 0 aliphatic rings. The highest BCUT2D eigenvalue weighted by atomic mass is 19.4. The molecule has 0 saturated heterocycles. The molecule has 0 amide bonds. The van der Waals surface area contributed by atoms with Gasteiger partial charge in [-0.15, -0.1) is 0 Å². The molecule has 0 aromatic heterocycles. The summed E-state index contributed by atoms with van der Waals surface area (Å²) in [6, 6.07) is 5.59. The zero-order valence-corrected chi connectivity index (χ0v) is 12.6. The first kappa shape index (κ1) is 17.0. The summed E-state index contributed by atoms with van der Waals surface area (Å²) in [4.78, 5) is 0. The summed E-state index contributed by atoms with van der Waals surface area (Å²) >= 11 is 0. The van der Waals surface area contributed by atoms with E-state index in [4.69, 9.17) is 0 Å². The molecule has 0 aliphatic carbocycles. The fourth-order valence-electron chi connectivity index (χ4n) is 2.23. The van der Waals surface area contributed by atoms with Crippen LogP contribution in [0, 0.1) is 5.41 Å². The Bertz CT molecular complexity index is 424. The average molecular weight is 287 g/mol. The third kappa shape index (κ3) is 4.23. The van der Waals surface area contributed by atoms with Gasteiger partial charge in [-0.3, -0.25) is 0 Å². The fraction of sp³-hybridized carbons (Fsp3) is 0.625. The van der Waals surface area contributed by atoms with Crippen molar-refractivity contribution in [1.29, 1.82) is 0 Å². The Morgan fingerprint density at radius 3 is 2.30 bits per heavy atom. The van der Waals surface area contributed by atoms with Crippen LogP contribution < -0.4 is 5.32 Å². The summed E-state index contributed by atoms with van der Waals surface area (Å²) in [5.74, 6) is 0. The first-order valence-corrected chi connectivity index (χ1v) is 7.13. The standard InChI is InChI=1S/C16H24F3N/c1-5-10-20-14(15(3,4)6-2)12-8-7-9-13(11-12)16(17,18)19/h7-9,11,14,20H,5-6,10H2,1-4H3. The van der Waals surface area contributed by atoms with Gasteiger partial charge >= 0.3 is 6.18 Å². The Labute approximate surface area is 119 Å². The lowest BCUT2D eigenvalue weighted by atomic mass is 9.78. The number of halogens is 3. The van der Waals surface area contributed by atoms with Crippen molar-refractivity contribution in [2.45, 2.75) is 52.8 Å². The Morgan fingerprint density at radius 2 is 1.80 bits per heavy atom. The smallest absolute Gasteiger partial charge is 0.309 e. The minimum absolute atomic E-state index is 0.0743. The zero-order chi connectivity index (χ0) is 15.4. The summed E-state index contributed by atoms with van der Waals surface area (Å²) in [5, 5.41) is 3.39. The van der Waals surface area contributed by atoms with Crippen LogP contribution in [-0.4, -0.2) is 6.54 Å². The number of rotatable bonds is 6. The molecule has 1 rings (SSSR count). The second kappa shape index (κ2) is 6.61. The lowest BCUT2D eigenvalue weighted by Crippen LogP contribution is -2.34. The maximum Gasteiger partial charge on any atom is 0.416 e. The van der Waals surface area contributed by atoms with Crippen molar-refractivity contribution >= 4 is 0 Å². The predicted octanol–water partition coefficient (Wildman–Crippen LogP) is 5.18. The van der Waals surface area contributed by atoms with Gasteiger partial charge in [-0.1, -0.05) is 39.8 Å². The number of hydrogen-bond acceptors (Lipinski definition) is 1. The lowest BCUT2D eigenvalue weighted by Gasteiger charge is -2.35. The Balaban J connectivity index is 3.14. The highest BCUT2D eigenvalue weighted by Crippen LogP contribution is 2.38. The molecule has 0 saturated carbocycles. The molecule has 0 heterocycles. The van der Waals surface area contributed by atoms with Crippen molar-refractivity contribution < 1.29 is 13.2 Å². The topological polar surface area (TPSA) is 12.0 Å². The molecule has 1 atom stereocenters. The zero-order valence-electron chi connectivity index (χ0n) is 12.6. The van der Waals surface area contributed by atoms with Gasteiger partial charge in [-0.25, -0.2) is 0 Å². The van der Waals surface area contributed by atoms with Crippen LogP contribution in [0.5, 0.6) is 0 Å². The van der Waals surface area contributed by atoms with Crippen LogP contribution in [0.2, 0.25) is 0 Å². The SMILES string of the molecule is CCCNC(c1cccc(C(F)(F)F)c1)C(C)(C)CC. The second-order valence-corrected chi connectivity index (χ2v) is 5.85. The fourth-order valence-corrected chi connectivity index (χ4v) is 2.23. The van der Waals surface area contributed by atoms with Gasteiger partial charge in [0, 0.05) is 6.04 Å². The summed E-state index contributed by atoms with van der Waals surface area (Å²) in [7, 11) is 0. The minimum atomic E-state index is -4.29. The molecule has 0 aliphatic heterocycles. The van der Waals surface area contributed by atoms with Crippen molar-refractivity contribution in [2.75, 3.05) is 6.54 Å². The van der Waals surface area contributed by atoms with Gasteiger partial charge < -0.3 is 5.32 Å². The maximum atomic E-state index is 12.8. The van der Waals surface area contributed by atoms with E-state index in [-0.39, 0.29) is 11.5 Å². The molecule has 1 aromatic rings. The van der Waals surface area contributed by atoms with Gasteiger partial charge in [-0.05, 0) is 42.5 Å². The molecule has 0 spiro atoms. The van der Waals surface area contributed by atoms with Crippen LogP contribution in [0.3, 0.4) is 0 Å². The highest BCUT2D eigenvalue weighted by Gasteiger charge is 2.33. The predicted molar refractivity (Wildman–Crippen MR) is 76.6 cm³/mol. The molecule has 0 fully saturated rings. The molecule has 1 unspecified atom stereocenters. The number of benzene rings is 1. The molecule has 0 bridgehead atoms. The van der Waals surface area contributed by atoms with E-state index in [0.717, 1.165) is 25.5 Å². The van der Waals surface area contributed by atoms with E-state index in [1.807, 2.05) is 0 Å². The van der Waals surface area contributed by atoms with E-state index in [0.29, 0.717) is 5.56 Å². The number of alkyl halides is 3. The van der Waals surface area contributed by atoms with Crippen LogP contribution in [0.25, 0.3) is 0 Å². The van der Waals surface area contributed by atoms with E-state index >= 15 is 0 Å². The Hall–Kier alpha value is -1.03. The van der Waals surface area contributed by atoms with Crippen molar-refractivity contribution in [2.24, 2.45) is 5.41 Å². The summed E-state index contributed by atoms with van der Waals surface area (Å²) in [6.45, 7) is 9.08. The maximum absolute atomic E-state index is 12.8. The summed E-state index contributed by atoms with van der Waals surface area (Å²) in [6.07, 6.45) is -2.44. The van der Waals surface area contributed by atoms with Gasteiger partial charge in [-0.2, -0.15) is 13.2 Å². The van der Waals surface area contributed by atoms with Crippen LogP contribution in [0.1, 0.15) is 57.7 Å². The van der Waals surface area contributed by atoms with Gasteiger partial charge in [0.15, 0.2) is 0 Å². The first-order valence-electron chi connectivity index (χ1n) is 7.13. The molecule has 1 N–H and O–H groups in total. The summed E-state index contributed by atoms with van der Waals surface area (Å²) < 4.78 is 38.5. The number of nitrogens with one attached hydrogen (secondary N) is 1. The van der Waals surface area contributed by atoms with E-state index in [9.17, 15) is 13.2 Å². The monoisotopic (exact) mass is 287 g/mol. The molecular weight excluding hydrogens is 263 g/mol. The van der Waals surface area contributed by atoms with Crippen molar-refractivity contribution in [3.05, 3.63) is 35.4 Å². The van der Waals surface area contributed by atoms with Crippen LogP contribution in [-0.2, 0) is 6.18 Å². The third-order valence-electron chi connectivity index (χ3n) is 3.84. The second-order valence-electron chi connectivity index (χ2n) is 5.85. The number of hydrogen-bond donors (Lipinski definition) is 1. The van der Waals surface area contributed by atoms with Gasteiger partial charge in [0.2, 0.25) is 0 Å². The average Bonchev–Trinajstić information content (AvgIpc) is 2.38. The van der Waals surface area contributed by atoms with Crippen LogP contribution in [0.4, 0.5) is 13.2 Å². The molecule has 4 heteroatoms. The lowest BCUT2D eigenvalue weighted by molar-refractivity contribution is -0.137. The molecule has 1 aromatic carbocycles. The van der Waals surface area contributed by atoms with Crippen LogP contribution in [0.15, 0.2) is 24.3 Å². The van der Waals surface area contributed by atoms with Gasteiger partial charge in [0.1, 0.15) is 0 Å². The molecule has 1 nitrogen and oxygen atoms in total. The van der Waals surface area contributed by atoms with Crippen molar-refractivity contribution in [3.63, 3.8) is 0 Å². The summed E-state index contributed by atoms with van der Waals surface area (Å²) in [5.41, 5.74) is 0.0321. The van der Waals surface area contributed by atoms with E-state index in [2.05, 4.69) is 33.0 Å². The largest absolute Gasteiger partial charge is 0.416 e. The highest BCUT2D eigenvalue weighted by molar-refractivity contribution is 5.29. The van der Waals surface area contributed by atoms with Gasteiger partial charge in [0.05, 0.1) is 5.56 Å². The normalized spacial score (nSPS) is 14.3. The Morgan fingerprint density at radius 1 is 1.15 bits per heavy atom. The third-order valence-corrected chi connectivity index (χ3v) is 3.84. The van der Waals surface area contributed by atoms with E-state index in [1.165, 1.54) is 12.1 Å². The van der Waals surface area contributed by atoms with Crippen molar-refractivity contribution in [3.8, 4) is 0 Å². The van der Waals surface area contributed by atoms with Gasteiger partial charge in [0.25, 0.3) is 0 Å². The van der Waals surface area contributed by atoms with Crippen LogP contribution >= 0.6 is 0 Å². The Kier molecular flexibility index (Phi) is 5.63. The molecular formula is C16H24F3N. The van der Waals surface area contributed by atoms with E-state index < -0.39 is 11.7 Å². The van der Waals surface area contributed by atoms with E-state index in [1.54, 1.807) is 6.07 Å². The first-order chi connectivity index (χ1) is 9.22. The minimum Gasteiger partial charge on any atom is -0.309 e. The molecule has 0 radical (unpaired) electrons. The molecule has 114 valence electrons. The molecule has 20 heavy (non-hydrogen) atoms.